The van der Waals surface area contributed by atoms with Gasteiger partial charge in [0.1, 0.15) is 5.75 Å². The quantitative estimate of drug-likeness (QED) is 0.139. The van der Waals surface area contributed by atoms with Crippen molar-refractivity contribution < 1.29 is 9.53 Å². The second kappa shape index (κ2) is 10.3. The van der Waals surface area contributed by atoms with E-state index in [-0.39, 0.29) is 11.3 Å². The molecule has 4 aromatic carbocycles. The summed E-state index contributed by atoms with van der Waals surface area (Å²) in [6.07, 6.45) is 1.47. The zero-order chi connectivity index (χ0) is 25.1. The summed E-state index contributed by atoms with van der Waals surface area (Å²) in [4.78, 5) is 30.8. The van der Waals surface area contributed by atoms with Crippen LogP contribution in [0.4, 0.5) is 0 Å². The summed E-state index contributed by atoms with van der Waals surface area (Å²) < 4.78 is 7.64. The van der Waals surface area contributed by atoms with Crippen LogP contribution in [0.2, 0.25) is 5.02 Å². The van der Waals surface area contributed by atoms with E-state index < -0.39 is 5.97 Å². The van der Waals surface area contributed by atoms with Crippen LogP contribution in [0.5, 0.6) is 5.75 Å². The fraction of sp³-hybridized carbons (Fsp3) is 0. The number of ether oxygens (including phenoxy) is 1. The number of hydrogen-bond donors (Lipinski definition) is 0. The van der Waals surface area contributed by atoms with E-state index in [0.29, 0.717) is 32.9 Å². The second-order valence-corrected chi connectivity index (χ2v) is 9.11. The molecule has 0 bridgehead atoms. The summed E-state index contributed by atoms with van der Waals surface area (Å²) in [5.74, 6) is 0.133. The van der Waals surface area contributed by atoms with Gasteiger partial charge < -0.3 is 4.74 Å². The first-order chi connectivity index (χ1) is 17.5. The van der Waals surface area contributed by atoms with Crippen molar-refractivity contribution in [3.05, 3.63) is 128 Å². The number of benzene rings is 4. The molecule has 0 radical (unpaired) electrons. The molecule has 0 unspecified atom stereocenters. The van der Waals surface area contributed by atoms with Crippen molar-refractivity contribution in [2.24, 2.45) is 5.10 Å². The molecule has 0 atom stereocenters. The van der Waals surface area contributed by atoms with E-state index in [1.54, 1.807) is 60.7 Å². The summed E-state index contributed by atoms with van der Waals surface area (Å²) in [5.41, 5.74) is 1.84. The first-order valence-corrected chi connectivity index (χ1v) is 12.1. The Hall–Kier alpha value is -4.07. The molecule has 0 aliphatic carbocycles. The fourth-order valence-corrected chi connectivity index (χ4v) is 4.09. The largest absolute Gasteiger partial charge is 0.422 e. The summed E-state index contributed by atoms with van der Waals surface area (Å²) in [7, 11) is 0. The molecule has 0 amide bonds. The van der Waals surface area contributed by atoms with Crippen molar-refractivity contribution in [3.63, 3.8) is 0 Å². The Morgan fingerprint density at radius 1 is 0.944 bits per heavy atom. The van der Waals surface area contributed by atoms with Crippen molar-refractivity contribution in [3.8, 4) is 17.1 Å². The van der Waals surface area contributed by atoms with Gasteiger partial charge in [0, 0.05) is 20.6 Å². The molecule has 36 heavy (non-hydrogen) atoms. The minimum absolute atomic E-state index is 0.282. The van der Waals surface area contributed by atoms with Gasteiger partial charge in [-0.25, -0.2) is 9.78 Å². The molecule has 6 nitrogen and oxygen atoms in total. The van der Waals surface area contributed by atoms with Crippen LogP contribution in [-0.2, 0) is 0 Å². The second-order valence-electron chi connectivity index (χ2n) is 7.76. The Bertz CT molecular complexity index is 1670. The Balaban J connectivity index is 1.58. The van der Waals surface area contributed by atoms with Crippen LogP contribution >= 0.6 is 27.5 Å². The van der Waals surface area contributed by atoms with Gasteiger partial charge in [0.05, 0.1) is 22.7 Å². The van der Waals surface area contributed by atoms with Crippen LogP contribution in [0, 0.1) is 0 Å². The predicted molar refractivity (Wildman–Crippen MR) is 145 cm³/mol. The zero-order valence-electron chi connectivity index (χ0n) is 18.6. The number of aromatic nitrogens is 2. The standard InChI is InChI=1S/C28H17BrClN3O3/c29-21-12-15-25(36-28(35)19-10-13-22(30)14-11-19)20(16-21)17-31-33-26(18-6-2-1-3-7-18)32-24-9-5-4-8-23(24)27(33)34/h1-17H. The Morgan fingerprint density at radius 2 is 1.67 bits per heavy atom. The summed E-state index contributed by atoms with van der Waals surface area (Å²) in [5, 5.41) is 5.45. The van der Waals surface area contributed by atoms with Gasteiger partial charge in [-0.2, -0.15) is 9.78 Å². The lowest BCUT2D eigenvalue weighted by Gasteiger charge is -2.11. The summed E-state index contributed by atoms with van der Waals surface area (Å²) >= 11 is 9.36. The van der Waals surface area contributed by atoms with Gasteiger partial charge in [0.2, 0.25) is 0 Å². The molecule has 1 heterocycles. The summed E-state index contributed by atoms with van der Waals surface area (Å²) in [6.45, 7) is 0. The number of fused-ring (bicyclic) bond motifs is 1. The highest BCUT2D eigenvalue weighted by Gasteiger charge is 2.14. The first-order valence-electron chi connectivity index (χ1n) is 10.9. The normalized spacial score (nSPS) is 11.2. The highest BCUT2D eigenvalue weighted by atomic mass is 79.9. The monoisotopic (exact) mass is 557 g/mol. The maximum atomic E-state index is 13.4. The highest BCUT2D eigenvalue weighted by Crippen LogP contribution is 2.24. The number of rotatable bonds is 5. The minimum atomic E-state index is -0.543. The Kier molecular flexibility index (Phi) is 6.75. The topological polar surface area (TPSA) is 73.5 Å². The molecule has 5 rings (SSSR count). The lowest BCUT2D eigenvalue weighted by molar-refractivity contribution is 0.0734. The van der Waals surface area contributed by atoms with Crippen LogP contribution in [0.3, 0.4) is 0 Å². The molecule has 8 heteroatoms. The third-order valence-electron chi connectivity index (χ3n) is 5.35. The number of carbonyl (C=O) groups excluding carboxylic acids is 1. The van der Waals surface area contributed by atoms with E-state index in [1.807, 2.05) is 36.4 Å². The molecule has 0 aliphatic rings. The van der Waals surface area contributed by atoms with Gasteiger partial charge in [-0.1, -0.05) is 70.0 Å². The third kappa shape index (κ3) is 4.98. The van der Waals surface area contributed by atoms with Crippen molar-refractivity contribution >= 4 is 50.6 Å². The summed E-state index contributed by atoms with van der Waals surface area (Å²) in [6, 6.07) is 28.0. The van der Waals surface area contributed by atoms with Crippen molar-refractivity contribution in [1.82, 2.24) is 9.66 Å². The first kappa shape index (κ1) is 23.7. The van der Waals surface area contributed by atoms with Gasteiger partial charge >= 0.3 is 5.97 Å². The van der Waals surface area contributed by atoms with Gasteiger partial charge in [0.25, 0.3) is 5.56 Å². The molecular weight excluding hydrogens is 542 g/mol. The molecule has 0 saturated carbocycles. The third-order valence-corrected chi connectivity index (χ3v) is 6.10. The number of halogens is 2. The van der Waals surface area contributed by atoms with Gasteiger partial charge in [-0.05, 0) is 54.6 Å². The van der Waals surface area contributed by atoms with Gasteiger partial charge in [-0.3, -0.25) is 4.79 Å². The van der Waals surface area contributed by atoms with E-state index in [1.165, 1.54) is 10.9 Å². The maximum Gasteiger partial charge on any atom is 0.343 e. The van der Waals surface area contributed by atoms with E-state index in [9.17, 15) is 9.59 Å². The highest BCUT2D eigenvalue weighted by molar-refractivity contribution is 9.10. The molecule has 0 spiro atoms. The van der Waals surface area contributed by atoms with E-state index in [0.717, 1.165) is 10.0 Å². The van der Waals surface area contributed by atoms with E-state index in [2.05, 4.69) is 21.0 Å². The Morgan fingerprint density at radius 3 is 2.44 bits per heavy atom. The average Bonchev–Trinajstić information content (AvgIpc) is 2.90. The van der Waals surface area contributed by atoms with Crippen LogP contribution in [0.1, 0.15) is 15.9 Å². The maximum absolute atomic E-state index is 13.4. The van der Waals surface area contributed by atoms with E-state index >= 15 is 0 Å². The lowest BCUT2D eigenvalue weighted by Crippen LogP contribution is -2.20. The van der Waals surface area contributed by atoms with Crippen LogP contribution < -0.4 is 10.3 Å². The molecule has 0 N–H and O–H groups in total. The van der Waals surface area contributed by atoms with Crippen LogP contribution in [0.15, 0.2) is 111 Å². The van der Waals surface area contributed by atoms with Crippen molar-refractivity contribution in [2.45, 2.75) is 0 Å². The molecular formula is C28H17BrClN3O3. The SMILES string of the molecule is O=C(Oc1ccc(Br)cc1C=Nn1c(-c2ccccc2)nc2ccccc2c1=O)c1ccc(Cl)cc1. The number of nitrogens with zero attached hydrogens (tertiary/aromatic N) is 3. The number of hydrogen-bond acceptors (Lipinski definition) is 5. The predicted octanol–water partition coefficient (Wildman–Crippen LogP) is 6.58. The average molecular weight is 559 g/mol. The molecule has 176 valence electrons. The smallest absolute Gasteiger partial charge is 0.343 e. The molecule has 5 aromatic rings. The minimum Gasteiger partial charge on any atom is -0.422 e. The number of para-hydroxylation sites is 1. The fourth-order valence-electron chi connectivity index (χ4n) is 3.58. The van der Waals surface area contributed by atoms with Gasteiger partial charge in [0.15, 0.2) is 5.82 Å². The van der Waals surface area contributed by atoms with Crippen molar-refractivity contribution in [2.75, 3.05) is 0 Å². The number of carbonyl (C=O) groups is 1. The van der Waals surface area contributed by atoms with Crippen LogP contribution in [0.25, 0.3) is 22.3 Å². The number of esters is 1. The molecule has 0 aliphatic heterocycles. The Labute approximate surface area is 219 Å². The zero-order valence-corrected chi connectivity index (χ0v) is 21.0. The molecule has 1 aromatic heterocycles. The molecule has 0 fully saturated rings. The van der Waals surface area contributed by atoms with Crippen molar-refractivity contribution in [1.29, 1.82) is 0 Å². The molecule has 0 saturated heterocycles. The van der Waals surface area contributed by atoms with E-state index in [4.69, 9.17) is 21.3 Å². The lowest BCUT2D eigenvalue weighted by atomic mass is 10.2. The van der Waals surface area contributed by atoms with Crippen LogP contribution in [-0.4, -0.2) is 21.8 Å². The van der Waals surface area contributed by atoms with Gasteiger partial charge in [-0.15, -0.1) is 0 Å².